The number of nitrogens with one attached hydrogen (secondary N) is 5. The van der Waals surface area contributed by atoms with Gasteiger partial charge in [0.05, 0.1) is 50.4 Å². The summed E-state index contributed by atoms with van der Waals surface area (Å²) in [7, 11) is 0. The first kappa shape index (κ1) is 47.5. The Hall–Kier alpha value is -5.20. The first-order chi connectivity index (χ1) is 33.4. The van der Waals surface area contributed by atoms with E-state index in [2.05, 4.69) is 49.9 Å². The molecule has 0 spiro atoms. The average molecular weight is 951 g/mol. The first-order valence-corrected chi connectivity index (χ1v) is 26.1. The Morgan fingerprint density at radius 1 is 0.652 bits per heavy atom. The van der Waals surface area contributed by atoms with Crippen molar-refractivity contribution in [2.24, 2.45) is 17.8 Å². The fourth-order valence-electron chi connectivity index (χ4n) is 12.4. The van der Waals surface area contributed by atoms with Crippen molar-refractivity contribution in [1.82, 2.24) is 55.5 Å². The number of rotatable bonds is 11. The second-order valence-corrected chi connectivity index (χ2v) is 21.4. The molecule has 1 aromatic carbocycles. The normalized spacial score (nSPS) is 26.2. The number of nitrogens with zero attached hydrogens (tertiary/aromatic N) is 7. The van der Waals surface area contributed by atoms with Crippen LogP contribution in [-0.2, 0) is 19.1 Å². The van der Waals surface area contributed by atoms with E-state index in [0.29, 0.717) is 77.5 Å². The number of aromatic amines is 2. The largest absolute Gasteiger partial charge is 0.378 e. The monoisotopic (exact) mass is 951 g/mol. The molecule has 69 heavy (non-hydrogen) atoms. The van der Waals surface area contributed by atoms with Gasteiger partial charge in [0.1, 0.15) is 23.7 Å². The van der Waals surface area contributed by atoms with Crippen molar-refractivity contribution in [2.75, 3.05) is 83.7 Å². The van der Waals surface area contributed by atoms with Crippen LogP contribution in [0.1, 0.15) is 145 Å². The molecule has 9 heterocycles. The van der Waals surface area contributed by atoms with Crippen LogP contribution >= 0.6 is 0 Å². The van der Waals surface area contributed by atoms with Crippen LogP contribution in [0.3, 0.4) is 0 Å². The number of urea groups is 2. The van der Waals surface area contributed by atoms with Gasteiger partial charge in [-0.25, -0.2) is 19.6 Å². The lowest BCUT2D eigenvalue weighted by molar-refractivity contribution is -0.136. The van der Waals surface area contributed by atoms with Crippen LogP contribution in [0.25, 0.3) is 11.3 Å². The molecule has 18 heteroatoms. The Bertz CT molecular complexity index is 2330. The fourth-order valence-corrected chi connectivity index (χ4v) is 12.4. The number of piperidine rings is 2. The third-order valence-corrected chi connectivity index (χ3v) is 16.1. The van der Waals surface area contributed by atoms with Gasteiger partial charge in [0.25, 0.3) is 0 Å². The molecular weight excluding hydrogens is 877 g/mol. The van der Waals surface area contributed by atoms with Gasteiger partial charge < -0.3 is 59.9 Å². The molecule has 0 aliphatic carbocycles. The van der Waals surface area contributed by atoms with Gasteiger partial charge in [0.15, 0.2) is 0 Å². The van der Waals surface area contributed by atoms with E-state index < -0.39 is 12.1 Å². The number of morpholine rings is 2. The molecule has 6 amide bonds. The van der Waals surface area contributed by atoms with Crippen molar-refractivity contribution >= 4 is 29.6 Å². The maximum atomic E-state index is 14.2. The Kier molecular flexibility index (Phi) is 13.9. The molecule has 0 radical (unpaired) electrons. The molecule has 2 aromatic heterocycles. The number of ether oxygens (including phenoxy) is 2. The minimum absolute atomic E-state index is 0.0457. The Labute approximate surface area is 406 Å². The number of aromatic nitrogens is 4. The van der Waals surface area contributed by atoms with Crippen molar-refractivity contribution in [3.05, 3.63) is 53.0 Å². The number of anilines is 1. The summed E-state index contributed by atoms with van der Waals surface area (Å²) in [4.78, 5) is 81.9. The predicted molar refractivity (Wildman–Crippen MR) is 260 cm³/mol. The van der Waals surface area contributed by atoms with Crippen LogP contribution in [0.2, 0.25) is 0 Å². The number of imidazole rings is 2. The van der Waals surface area contributed by atoms with Crippen molar-refractivity contribution in [2.45, 2.75) is 128 Å². The van der Waals surface area contributed by atoms with Gasteiger partial charge in [0.2, 0.25) is 11.8 Å². The average Bonchev–Trinajstić information content (AvgIpc) is 4.23. The molecule has 6 fully saturated rings. The highest BCUT2D eigenvalue weighted by Crippen LogP contribution is 2.52. The van der Waals surface area contributed by atoms with E-state index in [1.54, 1.807) is 9.80 Å². The number of carbonyl (C=O) groups is 4. The molecule has 7 aliphatic heterocycles. The summed E-state index contributed by atoms with van der Waals surface area (Å²) in [6.07, 6.45) is 11.5. The number of fused-ring (bicyclic) bond motifs is 5. The fraction of sp³-hybridized carbons (Fsp3) is 0.686. The van der Waals surface area contributed by atoms with E-state index in [0.717, 1.165) is 87.5 Å². The lowest BCUT2D eigenvalue weighted by Crippen LogP contribution is -2.55. The molecular formula is C51H74N12O6. The van der Waals surface area contributed by atoms with Gasteiger partial charge in [0, 0.05) is 93.5 Å². The van der Waals surface area contributed by atoms with E-state index >= 15 is 0 Å². The quantitative estimate of drug-likeness (QED) is 0.158. The molecule has 6 saturated heterocycles. The second-order valence-electron chi connectivity index (χ2n) is 21.4. The molecule has 5 N–H and O–H groups in total. The van der Waals surface area contributed by atoms with E-state index in [1.165, 1.54) is 22.4 Å². The zero-order chi connectivity index (χ0) is 47.9. The van der Waals surface area contributed by atoms with Gasteiger partial charge in [-0.3, -0.25) is 9.59 Å². The Morgan fingerprint density at radius 2 is 1.17 bits per heavy atom. The Balaban J connectivity index is 0.817. The van der Waals surface area contributed by atoms with Crippen molar-refractivity contribution < 1.29 is 28.7 Å². The lowest BCUT2D eigenvalue weighted by atomic mass is 9.90. The predicted octanol–water partition coefficient (Wildman–Crippen LogP) is 5.76. The number of likely N-dealkylation sites (tertiary alicyclic amines) is 2. The van der Waals surface area contributed by atoms with Gasteiger partial charge in [-0.2, -0.15) is 0 Å². The van der Waals surface area contributed by atoms with E-state index in [9.17, 15) is 19.2 Å². The van der Waals surface area contributed by atoms with Crippen LogP contribution in [0.15, 0.2) is 24.5 Å². The molecule has 2 bridgehead atoms. The van der Waals surface area contributed by atoms with Crippen LogP contribution < -0.4 is 20.9 Å². The summed E-state index contributed by atoms with van der Waals surface area (Å²) in [5.41, 5.74) is 7.39. The molecule has 3 unspecified atom stereocenters. The van der Waals surface area contributed by atoms with Crippen LogP contribution in [0.5, 0.6) is 0 Å². The summed E-state index contributed by atoms with van der Waals surface area (Å²) in [6.45, 7) is 17.6. The molecule has 7 aliphatic rings. The number of amides is 6. The minimum Gasteiger partial charge on any atom is -0.378 e. The number of hydrogen-bond acceptors (Lipinski definition) is 10. The van der Waals surface area contributed by atoms with Gasteiger partial charge in [-0.1, -0.05) is 40.7 Å². The first-order valence-electron chi connectivity index (χ1n) is 26.1. The van der Waals surface area contributed by atoms with Crippen molar-refractivity contribution in [3.63, 3.8) is 0 Å². The molecule has 0 saturated carbocycles. The minimum atomic E-state index is -0.632. The van der Waals surface area contributed by atoms with Crippen LogP contribution in [0.4, 0.5) is 15.3 Å². The molecule has 374 valence electrons. The number of carbonyl (C=O) groups excluding carboxylic acids is 4. The highest BCUT2D eigenvalue weighted by molar-refractivity contribution is 5.89. The third kappa shape index (κ3) is 9.56. The zero-order valence-corrected chi connectivity index (χ0v) is 41.3. The third-order valence-electron chi connectivity index (χ3n) is 16.1. The topological polar surface area (TPSA) is 196 Å². The van der Waals surface area contributed by atoms with E-state index in [-0.39, 0.29) is 59.9 Å². The number of hydrogen-bond donors (Lipinski definition) is 5. The van der Waals surface area contributed by atoms with Gasteiger partial charge >= 0.3 is 12.1 Å². The summed E-state index contributed by atoms with van der Waals surface area (Å²) in [5, 5.41) is 10.1. The summed E-state index contributed by atoms with van der Waals surface area (Å²) >= 11 is 0. The maximum absolute atomic E-state index is 14.2. The van der Waals surface area contributed by atoms with Crippen molar-refractivity contribution in [1.29, 1.82) is 0 Å². The van der Waals surface area contributed by atoms with Crippen molar-refractivity contribution in [3.8, 4) is 11.3 Å². The SMILES string of the molecule is CC1CC2NC(C1)c1c(N3CCC(c4cnc([C@@H]5CCCN5C(=O)[C@@H](NC(=O)N5CCOCC5)C(C)C)[nH]4)CC3)ccc(-c3cnc([C@@H]4CCCN4C(=O)[C@@H](NC(=O)N4CCOCC4)C(C)C)[nH]3)c12. The molecule has 7 atom stereocenters. The maximum Gasteiger partial charge on any atom is 0.318 e. The number of H-pyrrole nitrogens is 2. The smallest absolute Gasteiger partial charge is 0.318 e. The van der Waals surface area contributed by atoms with Gasteiger partial charge in [-0.05, 0) is 86.3 Å². The van der Waals surface area contributed by atoms with Crippen LogP contribution in [-0.4, -0.2) is 154 Å². The Morgan fingerprint density at radius 3 is 1.72 bits per heavy atom. The highest BCUT2D eigenvalue weighted by Gasteiger charge is 2.43. The number of benzene rings is 1. The van der Waals surface area contributed by atoms with E-state index in [4.69, 9.17) is 19.4 Å². The molecule has 18 nitrogen and oxygen atoms in total. The standard InChI is InChI=1S/C51H74N12O6/c1-30(2)44(57-50(66)60-18-22-68-23-19-60)48(64)62-14-6-8-40(62)46-52-28-37(55-46)33-12-16-59(17-13-33)39-11-10-34(42-35-26-32(5)27-36(54-35)43(39)42)38-29-53-47(56-38)41-9-7-15-63(41)49(65)45(31(3)4)58-51(67)61-20-24-69-25-21-61/h10-11,28-33,35-36,40-41,44-45,54H,6-9,12-27H2,1-5H3,(H,52,55)(H,53,56)(H,57,66)(H,58,67)/t32?,35?,36?,40-,41-,44-,45-/m0/s1. The lowest BCUT2D eigenvalue weighted by Gasteiger charge is -2.35. The highest BCUT2D eigenvalue weighted by atomic mass is 16.5. The van der Waals surface area contributed by atoms with Gasteiger partial charge in [-0.15, -0.1) is 0 Å². The summed E-state index contributed by atoms with van der Waals surface area (Å²) in [6, 6.07) is 3.13. The molecule has 10 rings (SSSR count). The molecule has 3 aromatic rings. The summed E-state index contributed by atoms with van der Waals surface area (Å²) in [5.74, 6) is 2.32. The van der Waals surface area contributed by atoms with Crippen LogP contribution in [0, 0.1) is 17.8 Å². The van der Waals surface area contributed by atoms with E-state index in [1.807, 2.05) is 49.9 Å². The zero-order valence-electron chi connectivity index (χ0n) is 41.3. The second kappa shape index (κ2) is 20.3. The summed E-state index contributed by atoms with van der Waals surface area (Å²) < 4.78 is 10.9.